The van der Waals surface area contributed by atoms with Crippen LogP contribution in [0.3, 0.4) is 0 Å². The van der Waals surface area contributed by atoms with Crippen LogP contribution in [0.1, 0.15) is 52.5 Å². The van der Waals surface area contributed by atoms with Crippen LogP contribution in [-0.2, 0) is 10.2 Å². The Morgan fingerprint density at radius 2 is 1.67 bits per heavy atom. The number of nitrogens with one attached hydrogen (secondary N) is 1. The second kappa shape index (κ2) is 14.2. The maximum absolute atomic E-state index is 12.8. The highest BCUT2D eigenvalue weighted by atomic mass is 35.5. The van der Waals surface area contributed by atoms with E-state index >= 15 is 0 Å². The van der Waals surface area contributed by atoms with Crippen molar-refractivity contribution in [3.63, 3.8) is 0 Å². The summed E-state index contributed by atoms with van der Waals surface area (Å²) in [6.45, 7) is 15.3. The van der Waals surface area contributed by atoms with E-state index in [0.29, 0.717) is 19.0 Å². The number of fused-ring (bicyclic) bond motifs is 1. The number of halogens is 2. The van der Waals surface area contributed by atoms with Crippen molar-refractivity contribution in [2.24, 2.45) is 5.92 Å². The summed E-state index contributed by atoms with van der Waals surface area (Å²) in [7, 11) is 0. The minimum atomic E-state index is -0.0949. The zero-order chi connectivity index (χ0) is 22.3. The molecule has 1 heterocycles. The number of hydrogen-bond donors (Lipinski definition) is 1. The summed E-state index contributed by atoms with van der Waals surface area (Å²) in [5.74, 6) is 0.546. The van der Waals surface area contributed by atoms with Gasteiger partial charge < -0.3 is 10.2 Å². The van der Waals surface area contributed by atoms with Crippen molar-refractivity contribution in [2.45, 2.75) is 52.4 Å². The molecule has 1 N–H and O–H groups in total. The molecule has 1 saturated heterocycles. The topological polar surface area (TPSA) is 35.6 Å². The Kier molecular flexibility index (Phi) is 12.7. The Bertz CT molecular complexity index is 845. The maximum Gasteiger partial charge on any atom is 0.234 e. The fourth-order valence-corrected chi connectivity index (χ4v) is 5.11. The Balaban J connectivity index is 0.00000272. The van der Waals surface area contributed by atoms with Gasteiger partial charge in [-0.05, 0) is 74.2 Å². The van der Waals surface area contributed by atoms with Gasteiger partial charge in [0.15, 0.2) is 0 Å². The molecule has 1 aliphatic heterocycles. The van der Waals surface area contributed by atoms with Crippen molar-refractivity contribution in [1.82, 2.24) is 15.1 Å². The summed E-state index contributed by atoms with van der Waals surface area (Å²) < 4.78 is 0. The lowest BCUT2D eigenvalue weighted by molar-refractivity contribution is -0.122. The summed E-state index contributed by atoms with van der Waals surface area (Å²) in [6, 6.07) is 15.4. The minimum Gasteiger partial charge on any atom is -0.354 e. The van der Waals surface area contributed by atoms with Crippen LogP contribution in [0.15, 0.2) is 42.5 Å². The van der Waals surface area contributed by atoms with Gasteiger partial charge in [0.05, 0.1) is 6.54 Å². The quantitative estimate of drug-likeness (QED) is 0.445. The molecule has 0 saturated carbocycles. The highest BCUT2D eigenvalue weighted by Crippen LogP contribution is 2.39. The fraction of sp³-hybridized carbons (Fsp3) is 0.593. The molecule has 3 rings (SSSR count). The third-order valence-electron chi connectivity index (χ3n) is 7.37. The third-order valence-corrected chi connectivity index (χ3v) is 7.37. The van der Waals surface area contributed by atoms with E-state index in [-0.39, 0.29) is 36.1 Å². The molecule has 6 heteroatoms. The first-order valence-corrected chi connectivity index (χ1v) is 12.2. The van der Waals surface area contributed by atoms with Crippen LogP contribution in [0.2, 0.25) is 0 Å². The van der Waals surface area contributed by atoms with E-state index in [1.165, 1.54) is 42.3 Å². The highest BCUT2D eigenvalue weighted by molar-refractivity contribution is 5.87. The second-order valence-electron chi connectivity index (χ2n) is 9.37. The molecule has 1 unspecified atom stereocenters. The van der Waals surface area contributed by atoms with Crippen LogP contribution >= 0.6 is 24.8 Å². The molecular weight excluding hydrogens is 453 g/mol. The number of likely N-dealkylation sites (tertiary alicyclic amines) is 1. The number of likely N-dealkylation sites (N-methyl/N-ethyl adjacent to an activating group) is 1. The van der Waals surface area contributed by atoms with Gasteiger partial charge in [-0.3, -0.25) is 9.69 Å². The molecule has 1 aliphatic rings. The molecule has 2 aromatic rings. The van der Waals surface area contributed by atoms with Gasteiger partial charge in [0.1, 0.15) is 0 Å². The Labute approximate surface area is 213 Å². The first-order chi connectivity index (χ1) is 15.0. The molecule has 33 heavy (non-hydrogen) atoms. The van der Waals surface area contributed by atoms with E-state index in [1.54, 1.807) is 0 Å². The van der Waals surface area contributed by atoms with Gasteiger partial charge in [0.25, 0.3) is 0 Å². The SMILES string of the molecule is CCN(CC)CC(=O)NCC(CCN1CCCC1)(c1cccc2ccccc12)C(C)C.Cl.Cl. The smallest absolute Gasteiger partial charge is 0.234 e. The van der Waals surface area contributed by atoms with Crippen molar-refractivity contribution in [2.75, 3.05) is 45.8 Å². The molecule has 0 spiro atoms. The number of rotatable bonds is 11. The van der Waals surface area contributed by atoms with Crippen LogP contribution in [0, 0.1) is 5.92 Å². The zero-order valence-electron chi connectivity index (χ0n) is 20.8. The normalized spacial score (nSPS) is 15.8. The molecular formula is C27H43Cl2N3O. The standard InChI is InChI=1S/C27H41N3O.2ClH/c1-5-29(6-2)20-26(31)28-21-27(22(3)4,16-19-30-17-9-10-18-30)25-15-11-13-23-12-7-8-14-24(23)25;;/h7-8,11-15,22H,5-6,9-10,16-21H2,1-4H3,(H,28,31);2*1H. The van der Waals surface area contributed by atoms with Gasteiger partial charge in [-0.25, -0.2) is 0 Å². The molecule has 0 bridgehead atoms. The highest BCUT2D eigenvalue weighted by Gasteiger charge is 2.37. The van der Waals surface area contributed by atoms with Gasteiger partial charge in [0, 0.05) is 12.0 Å². The minimum absolute atomic E-state index is 0. The third kappa shape index (κ3) is 7.32. The summed E-state index contributed by atoms with van der Waals surface area (Å²) in [5.41, 5.74) is 1.28. The molecule has 0 radical (unpaired) electrons. The molecule has 4 nitrogen and oxygen atoms in total. The average molecular weight is 497 g/mol. The lowest BCUT2D eigenvalue weighted by atomic mass is 9.67. The molecule has 1 amide bonds. The van der Waals surface area contributed by atoms with E-state index in [9.17, 15) is 4.79 Å². The molecule has 0 aliphatic carbocycles. The Morgan fingerprint density at radius 3 is 2.30 bits per heavy atom. The van der Waals surface area contributed by atoms with Crippen molar-refractivity contribution in [1.29, 1.82) is 0 Å². The number of amides is 1. The van der Waals surface area contributed by atoms with Crippen LogP contribution in [-0.4, -0.2) is 61.5 Å². The van der Waals surface area contributed by atoms with Gasteiger partial charge >= 0.3 is 0 Å². The van der Waals surface area contributed by atoms with E-state index in [2.05, 4.69) is 85.3 Å². The monoisotopic (exact) mass is 495 g/mol. The van der Waals surface area contributed by atoms with E-state index in [1.807, 2.05) is 0 Å². The van der Waals surface area contributed by atoms with Crippen molar-refractivity contribution < 1.29 is 4.79 Å². The van der Waals surface area contributed by atoms with Crippen LogP contribution < -0.4 is 5.32 Å². The number of carbonyl (C=O) groups is 1. The molecule has 2 aromatic carbocycles. The number of carbonyl (C=O) groups excluding carboxylic acids is 1. The van der Waals surface area contributed by atoms with Gasteiger partial charge in [-0.15, -0.1) is 24.8 Å². The Hall–Kier alpha value is -1.33. The van der Waals surface area contributed by atoms with Gasteiger partial charge in [0.2, 0.25) is 5.91 Å². The summed E-state index contributed by atoms with van der Waals surface area (Å²) in [4.78, 5) is 17.6. The predicted octanol–water partition coefficient (Wildman–Crippen LogP) is 5.52. The van der Waals surface area contributed by atoms with Crippen LogP contribution in [0.4, 0.5) is 0 Å². The summed E-state index contributed by atoms with van der Waals surface area (Å²) >= 11 is 0. The van der Waals surface area contributed by atoms with Crippen LogP contribution in [0.5, 0.6) is 0 Å². The zero-order valence-corrected chi connectivity index (χ0v) is 22.4. The number of nitrogens with zero attached hydrogens (tertiary/aromatic N) is 2. The molecule has 1 atom stereocenters. The lowest BCUT2D eigenvalue weighted by Gasteiger charge is -2.40. The number of benzene rings is 2. The molecule has 0 aromatic heterocycles. The lowest BCUT2D eigenvalue weighted by Crippen LogP contribution is -2.48. The van der Waals surface area contributed by atoms with Gasteiger partial charge in [-0.2, -0.15) is 0 Å². The van der Waals surface area contributed by atoms with E-state index in [4.69, 9.17) is 0 Å². The number of hydrogen-bond acceptors (Lipinski definition) is 3. The first-order valence-electron chi connectivity index (χ1n) is 12.2. The fourth-order valence-electron chi connectivity index (χ4n) is 5.11. The summed E-state index contributed by atoms with van der Waals surface area (Å²) in [6.07, 6.45) is 3.68. The van der Waals surface area contributed by atoms with E-state index in [0.717, 1.165) is 26.1 Å². The van der Waals surface area contributed by atoms with Crippen LogP contribution in [0.25, 0.3) is 10.8 Å². The molecule has 1 fully saturated rings. The predicted molar refractivity (Wildman–Crippen MR) is 146 cm³/mol. The second-order valence-corrected chi connectivity index (χ2v) is 9.37. The first kappa shape index (κ1) is 29.7. The Morgan fingerprint density at radius 1 is 1.03 bits per heavy atom. The van der Waals surface area contributed by atoms with Crippen molar-refractivity contribution >= 4 is 41.5 Å². The summed E-state index contributed by atoms with van der Waals surface area (Å²) in [5, 5.41) is 5.94. The average Bonchev–Trinajstić information content (AvgIpc) is 3.31. The van der Waals surface area contributed by atoms with Crippen molar-refractivity contribution in [3.8, 4) is 0 Å². The van der Waals surface area contributed by atoms with E-state index < -0.39 is 0 Å². The maximum atomic E-state index is 12.8. The largest absolute Gasteiger partial charge is 0.354 e. The molecule has 186 valence electrons. The van der Waals surface area contributed by atoms with Gasteiger partial charge in [-0.1, -0.05) is 70.2 Å². The van der Waals surface area contributed by atoms with Crippen molar-refractivity contribution in [3.05, 3.63) is 48.0 Å².